The van der Waals surface area contributed by atoms with Crippen LogP contribution in [0, 0.1) is 16.7 Å². The number of hydrogen-bond donors (Lipinski definition) is 1. The molecule has 0 heterocycles. The molecule has 2 N–H and O–H groups in total. The molecule has 3 aliphatic carbocycles. The van der Waals surface area contributed by atoms with Crippen LogP contribution in [-0.2, 0) is 25.5 Å². The number of benzene rings is 1. The molecule has 0 radical (unpaired) electrons. The molecule has 178 valence electrons. The number of nitrogens with two attached hydrogens (primary N) is 1. The smallest absolute Gasteiger partial charge is 0.308 e. The molecule has 5 atom stereocenters. The summed E-state index contributed by atoms with van der Waals surface area (Å²) in [5, 5.41) is 0. The average Bonchev–Trinajstić information content (AvgIpc) is 2.98. The van der Waals surface area contributed by atoms with Gasteiger partial charge in [0.2, 0.25) is 0 Å². The van der Waals surface area contributed by atoms with Gasteiger partial charge in [-0.15, -0.1) is 0 Å². The minimum Gasteiger partial charge on any atom is -0.462 e. The van der Waals surface area contributed by atoms with Crippen molar-refractivity contribution in [2.75, 3.05) is 0 Å². The quantitative estimate of drug-likeness (QED) is 0.398. The van der Waals surface area contributed by atoms with Crippen molar-refractivity contribution in [2.24, 2.45) is 22.5 Å². The number of fused-ring (bicyclic) bond motifs is 5. The lowest BCUT2D eigenvalue weighted by atomic mass is 9.46. The average molecular weight is 454 g/mol. The Morgan fingerprint density at radius 2 is 1.85 bits per heavy atom. The Bertz CT molecular complexity index is 1010. The van der Waals surface area contributed by atoms with Crippen molar-refractivity contribution in [2.45, 2.75) is 84.7 Å². The van der Waals surface area contributed by atoms with Crippen LogP contribution in [-0.4, -0.2) is 23.8 Å². The molecule has 6 heteroatoms. The fraction of sp³-hybridized carbons (Fsp3) is 0.593. The van der Waals surface area contributed by atoms with E-state index in [0.717, 1.165) is 38.5 Å². The molecule has 2 fully saturated rings. The maximum atomic E-state index is 11.9. The summed E-state index contributed by atoms with van der Waals surface area (Å²) in [5.41, 5.74) is 9.29. The summed E-state index contributed by atoms with van der Waals surface area (Å²) in [5.74, 6) is 0.751. The van der Waals surface area contributed by atoms with Crippen LogP contribution in [0.5, 0.6) is 5.75 Å². The Labute approximate surface area is 195 Å². The molecular weight excluding hydrogens is 418 g/mol. The molecule has 0 aromatic heterocycles. The Kier molecular flexibility index (Phi) is 6.14. The van der Waals surface area contributed by atoms with Gasteiger partial charge in [-0.2, -0.15) is 0 Å². The first-order chi connectivity index (χ1) is 15.6. The fourth-order valence-corrected chi connectivity index (χ4v) is 7.41. The molecule has 0 spiro atoms. The van der Waals surface area contributed by atoms with E-state index < -0.39 is 0 Å². The summed E-state index contributed by atoms with van der Waals surface area (Å²) in [6.07, 6.45) is 7.66. The molecule has 0 unspecified atom stereocenters. The summed E-state index contributed by atoms with van der Waals surface area (Å²) >= 11 is 0. The van der Waals surface area contributed by atoms with Crippen LogP contribution < -0.4 is 10.5 Å². The number of carbonyl (C=O) groups is 3. The molecule has 1 aromatic carbocycles. The Hall–Kier alpha value is -2.63. The van der Waals surface area contributed by atoms with Crippen molar-refractivity contribution in [3.05, 3.63) is 41.1 Å². The third-order valence-corrected chi connectivity index (χ3v) is 8.59. The standard InChI is InChI=1S/C27H35NO5/c1-16(29)13-20(28)15-27-12-10-25(33-18(3)31)26(27,4)11-9-23-22-7-6-21(32-17(2)30)14-19(22)5-8-24(23)27/h6-7,13-14,23-25H,5,8-12,15,28H2,1-4H3/t23-,24-,25-,26-,27+/m1/s1. The van der Waals surface area contributed by atoms with E-state index in [4.69, 9.17) is 15.2 Å². The second-order valence-corrected chi connectivity index (χ2v) is 10.5. The minimum absolute atomic E-state index is 0.0421. The molecule has 33 heavy (non-hydrogen) atoms. The van der Waals surface area contributed by atoms with Gasteiger partial charge in [0.05, 0.1) is 0 Å². The summed E-state index contributed by atoms with van der Waals surface area (Å²) in [6.45, 7) is 6.70. The van der Waals surface area contributed by atoms with Crippen LogP contribution in [0.15, 0.2) is 30.0 Å². The Morgan fingerprint density at radius 3 is 2.52 bits per heavy atom. The lowest BCUT2D eigenvalue weighted by Gasteiger charge is -2.58. The van der Waals surface area contributed by atoms with Gasteiger partial charge in [0.15, 0.2) is 5.78 Å². The zero-order valence-electron chi connectivity index (χ0n) is 20.1. The van der Waals surface area contributed by atoms with E-state index in [9.17, 15) is 14.4 Å². The van der Waals surface area contributed by atoms with E-state index in [-0.39, 0.29) is 34.7 Å². The van der Waals surface area contributed by atoms with Gasteiger partial charge in [-0.05, 0) is 98.5 Å². The van der Waals surface area contributed by atoms with Gasteiger partial charge in [-0.1, -0.05) is 13.0 Å². The van der Waals surface area contributed by atoms with Crippen molar-refractivity contribution in [1.29, 1.82) is 0 Å². The molecule has 0 amide bonds. The molecule has 3 aliphatic rings. The van der Waals surface area contributed by atoms with E-state index in [0.29, 0.717) is 29.7 Å². The van der Waals surface area contributed by atoms with Crippen LogP contribution in [0.25, 0.3) is 0 Å². The van der Waals surface area contributed by atoms with Crippen LogP contribution in [0.2, 0.25) is 0 Å². The molecule has 6 nitrogen and oxygen atoms in total. The van der Waals surface area contributed by atoms with E-state index >= 15 is 0 Å². The van der Waals surface area contributed by atoms with E-state index in [1.807, 2.05) is 12.1 Å². The zero-order chi connectivity index (χ0) is 24.0. The van der Waals surface area contributed by atoms with Crippen molar-refractivity contribution >= 4 is 17.7 Å². The van der Waals surface area contributed by atoms with Gasteiger partial charge in [-0.3, -0.25) is 14.4 Å². The van der Waals surface area contributed by atoms with Gasteiger partial charge >= 0.3 is 11.9 Å². The molecule has 1 aromatic rings. The summed E-state index contributed by atoms with van der Waals surface area (Å²) < 4.78 is 11.2. The van der Waals surface area contributed by atoms with Gasteiger partial charge < -0.3 is 15.2 Å². The SMILES string of the molecule is CC(=O)C=C(N)C[C@]12CC[C@@H](OC(C)=O)[C@@]1(C)CC[C@@H]1c3ccc(OC(C)=O)cc3CC[C@H]12. The highest BCUT2D eigenvalue weighted by Crippen LogP contribution is 2.70. The number of allylic oxidation sites excluding steroid dienone is 2. The summed E-state index contributed by atoms with van der Waals surface area (Å²) in [7, 11) is 0. The second kappa shape index (κ2) is 8.62. The highest BCUT2D eigenvalue weighted by Gasteiger charge is 2.65. The summed E-state index contributed by atoms with van der Waals surface area (Å²) in [6, 6.07) is 6.02. The molecule has 0 saturated heterocycles. The fourth-order valence-electron chi connectivity index (χ4n) is 7.41. The lowest BCUT2D eigenvalue weighted by Crippen LogP contribution is -2.53. The van der Waals surface area contributed by atoms with E-state index in [1.165, 1.54) is 31.9 Å². The van der Waals surface area contributed by atoms with E-state index in [1.54, 1.807) is 6.08 Å². The third-order valence-electron chi connectivity index (χ3n) is 8.59. The molecule has 4 rings (SSSR count). The number of carbonyl (C=O) groups excluding carboxylic acids is 3. The first kappa shape index (κ1) is 23.5. The first-order valence-corrected chi connectivity index (χ1v) is 12.0. The predicted molar refractivity (Wildman–Crippen MR) is 124 cm³/mol. The lowest BCUT2D eigenvalue weighted by molar-refractivity contribution is -0.161. The van der Waals surface area contributed by atoms with Crippen LogP contribution in [0.1, 0.15) is 83.3 Å². The number of hydrogen-bond acceptors (Lipinski definition) is 6. The molecule has 2 saturated carbocycles. The van der Waals surface area contributed by atoms with Crippen LogP contribution in [0.4, 0.5) is 0 Å². The second-order valence-electron chi connectivity index (χ2n) is 10.5. The number of rotatable bonds is 5. The van der Waals surface area contributed by atoms with Crippen LogP contribution in [0.3, 0.4) is 0 Å². The number of esters is 2. The van der Waals surface area contributed by atoms with Crippen molar-refractivity contribution in [1.82, 2.24) is 0 Å². The van der Waals surface area contributed by atoms with E-state index in [2.05, 4.69) is 13.0 Å². The Balaban J connectivity index is 1.74. The maximum absolute atomic E-state index is 11.9. The van der Waals surface area contributed by atoms with Gasteiger partial charge in [-0.25, -0.2) is 0 Å². The van der Waals surface area contributed by atoms with Crippen molar-refractivity contribution in [3.63, 3.8) is 0 Å². The maximum Gasteiger partial charge on any atom is 0.308 e. The van der Waals surface area contributed by atoms with Crippen molar-refractivity contribution < 1.29 is 23.9 Å². The minimum atomic E-state index is -0.314. The molecule has 0 aliphatic heterocycles. The highest BCUT2D eigenvalue weighted by atomic mass is 16.5. The Morgan fingerprint density at radius 1 is 1.09 bits per heavy atom. The number of aryl methyl sites for hydroxylation is 1. The predicted octanol–water partition coefficient (Wildman–Crippen LogP) is 4.59. The largest absolute Gasteiger partial charge is 0.462 e. The molecule has 0 bridgehead atoms. The zero-order valence-corrected chi connectivity index (χ0v) is 20.1. The highest BCUT2D eigenvalue weighted by molar-refractivity contribution is 5.87. The monoisotopic (exact) mass is 453 g/mol. The van der Waals surface area contributed by atoms with Crippen LogP contribution >= 0.6 is 0 Å². The topological polar surface area (TPSA) is 95.7 Å². The first-order valence-electron chi connectivity index (χ1n) is 12.0. The normalized spacial score (nSPS) is 32.8. The third kappa shape index (κ3) is 4.09. The number of ketones is 1. The van der Waals surface area contributed by atoms with Gasteiger partial charge in [0.25, 0.3) is 0 Å². The number of ether oxygens (including phenoxy) is 2. The van der Waals surface area contributed by atoms with Gasteiger partial charge in [0, 0.05) is 25.0 Å². The van der Waals surface area contributed by atoms with Crippen molar-refractivity contribution in [3.8, 4) is 5.75 Å². The molecular formula is C27H35NO5. The van der Waals surface area contributed by atoms with Gasteiger partial charge in [0.1, 0.15) is 11.9 Å². The summed E-state index contributed by atoms with van der Waals surface area (Å²) in [4.78, 5) is 35.1.